The molecule has 0 saturated carbocycles. The van der Waals surface area contributed by atoms with E-state index in [-0.39, 0.29) is 12.1 Å². The maximum atomic E-state index is 12.2. The lowest BCUT2D eigenvalue weighted by Gasteiger charge is -2.31. The van der Waals surface area contributed by atoms with Crippen LogP contribution < -0.4 is 0 Å². The van der Waals surface area contributed by atoms with Gasteiger partial charge >= 0.3 is 5.97 Å². The van der Waals surface area contributed by atoms with Crippen LogP contribution >= 0.6 is 0 Å². The summed E-state index contributed by atoms with van der Waals surface area (Å²) >= 11 is 0. The number of rotatable bonds is 6. The second-order valence-corrected chi connectivity index (χ2v) is 6.67. The quantitative estimate of drug-likeness (QED) is 0.753. The molecular weight excluding hydrogens is 288 g/mol. The summed E-state index contributed by atoms with van der Waals surface area (Å²) in [5.41, 5.74) is 0.947. The van der Waals surface area contributed by atoms with Gasteiger partial charge in [0.2, 0.25) is 0 Å². The van der Waals surface area contributed by atoms with Gasteiger partial charge in [0.15, 0.2) is 0 Å². The zero-order valence-corrected chi connectivity index (χ0v) is 14.1. The van der Waals surface area contributed by atoms with E-state index in [4.69, 9.17) is 10.00 Å². The van der Waals surface area contributed by atoms with Crippen molar-refractivity contribution >= 4 is 5.97 Å². The summed E-state index contributed by atoms with van der Waals surface area (Å²) in [4.78, 5) is 14.6. The van der Waals surface area contributed by atoms with E-state index >= 15 is 0 Å². The van der Waals surface area contributed by atoms with E-state index in [0.29, 0.717) is 11.1 Å². The number of nitriles is 1. The van der Waals surface area contributed by atoms with Gasteiger partial charge in [0.1, 0.15) is 6.10 Å². The van der Waals surface area contributed by atoms with Crippen molar-refractivity contribution < 1.29 is 9.53 Å². The highest BCUT2D eigenvalue weighted by Gasteiger charge is 2.22. The lowest BCUT2D eigenvalue weighted by atomic mass is 10.0. The maximum Gasteiger partial charge on any atom is 0.338 e. The molecule has 0 aromatic heterocycles. The first kappa shape index (κ1) is 17.5. The molecule has 4 heteroatoms. The van der Waals surface area contributed by atoms with E-state index in [9.17, 15) is 4.79 Å². The molecule has 124 valence electrons. The van der Waals surface area contributed by atoms with Crippen LogP contribution in [0.25, 0.3) is 0 Å². The summed E-state index contributed by atoms with van der Waals surface area (Å²) < 4.78 is 5.59. The lowest BCUT2D eigenvalue weighted by molar-refractivity contribution is 0.0111. The summed E-state index contributed by atoms with van der Waals surface area (Å²) in [5, 5.41) is 8.89. The molecule has 1 saturated heterocycles. The Kier molecular flexibility index (Phi) is 6.61. The molecule has 1 fully saturated rings. The number of hydrogen-bond donors (Lipinski definition) is 0. The van der Waals surface area contributed by atoms with Crippen molar-refractivity contribution in [3.05, 3.63) is 35.4 Å². The van der Waals surface area contributed by atoms with Crippen molar-refractivity contribution in [1.29, 1.82) is 5.26 Å². The third-order valence-electron chi connectivity index (χ3n) is 4.29. The van der Waals surface area contributed by atoms with Gasteiger partial charge in [0, 0.05) is 13.1 Å². The second kappa shape index (κ2) is 8.69. The predicted octanol–water partition coefficient (Wildman–Crippen LogP) is 3.62. The van der Waals surface area contributed by atoms with E-state index in [1.165, 1.54) is 12.8 Å². The fourth-order valence-electron chi connectivity index (χ4n) is 2.91. The molecule has 1 heterocycles. The summed E-state index contributed by atoms with van der Waals surface area (Å²) in [6.07, 6.45) is 4.29. The third kappa shape index (κ3) is 5.69. The molecule has 1 aliphatic heterocycles. The third-order valence-corrected chi connectivity index (χ3v) is 4.29. The van der Waals surface area contributed by atoms with Crippen LogP contribution in [0.15, 0.2) is 24.3 Å². The lowest BCUT2D eigenvalue weighted by Crippen LogP contribution is -2.38. The van der Waals surface area contributed by atoms with E-state index in [0.717, 1.165) is 38.4 Å². The number of carbonyl (C=O) groups is 1. The van der Waals surface area contributed by atoms with Crippen LogP contribution in [0.4, 0.5) is 0 Å². The first-order chi connectivity index (χ1) is 11.1. The highest BCUT2D eigenvalue weighted by Crippen LogP contribution is 2.17. The Morgan fingerprint density at radius 3 is 2.78 bits per heavy atom. The minimum atomic E-state index is -0.319. The van der Waals surface area contributed by atoms with Gasteiger partial charge in [-0.05, 0) is 56.3 Å². The van der Waals surface area contributed by atoms with Gasteiger partial charge in [-0.15, -0.1) is 0 Å². The Morgan fingerprint density at radius 1 is 1.39 bits per heavy atom. The molecule has 0 bridgehead atoms. The minimum Gasteiger partial charge on any atom is -0.459 e. The fourth-order valence-corrected chi connectivity index (χ4v) is 2.91. The molecule has 2 rings (SSSR count). The summed E-state index contributed by atoms with van der Waals surface area (Å²) in [7, 11) is 0. The average Bonchev–Trinajstić information content (AvgIpc) is 2.56. The molecule has 4 nitrogen and oxygen atoms in total. The summed E-state index contributed by atoms with van der Waals surface area (Å²) in [6, 6.07) is 8.73. The summed E-state index contributed by atoms with van der Waals surface area (Å²) in [5.74, 6) is 0.443. The van der Waals surface area contributed by atoms with Gasteiger partial charge in [-0.1, -0.05) is 19.9 Å². The first-order valence-corrected chi connectivity index (χ1v) is 8.52. The minimum absolute atomic E-state index is 0.00501. The molecule has 0 unspecified atom stereocenters. The fraction of sp³-hybridized carbons (Fsp3) is 0.579. The van der Waals surface area contributed by atoms with Crippen molar-refractivity contribution in [1.82, 2.24) is 4.90 Å². The first-order valence-electron chi connectivity index (χ1n) is 8.52. The summed E-state index contributed by atoms with van der Waals surface area (Å²) in [6.45, 7) is 7.64. The monoisotopic (exact) mass is 314 g/mol. The van der Waals surface area contributed by atoms with Crippen molar-refractivity contribution in [2.75, 3.05) is 19.6 Å². The topological polar surface area (TPSA) is 53.3 Å². The van der Waals surface area contributed by atoms with Crippen LogP contribution in [0, 0.1) is 17.2 Å². The van der Waals surface area contributed by atoms with Crippen LogP contribution in [0.5, 0.6) is 0 Å². The predicted molar refractivity (Wildman–Crippen MR) is 90.1 cm³/mol. The molecule has 1 aliphatic rings. The number of benzene rings is 1. The van der Waals surface area contributed by atoms with Crippen LogP contribution in [0.3, 0.4) is 0 Å². The molecule has 23 heavy (non-hydrogen) atoms. The number of likely N-dealkylation sites (tertiary alicyclic amines) is 1. The normalized spacial score (nSPS) is 16.3. The molecule has 0 atom stereocenters. The standard InChI is InChI=1S/C19H26N2O2/c1-15(2)5-4-10-21-11-8-18(9-12-21)23-19(22)17-7-3-6-16(13-17)14-20/h3,6-7,13,15,18H,4-5,8-12H2,1-2H3. The van der Waals surface area contributed by atoms with Gasteiger partial charge < -0.3 is 9.64 Å². The van der Waals surface area contributed by atoms with Gasteiger partial charge in [-0.25, -0.2) is 4.79 Å². The van der Waals surface area contributed by atoms with E-state index in [1.54, 1.807) is 24.3 Å². The van der Waals surface area contributed by atoms with Crippen LogP contribution in [-0.4, -0.2) is 36.6 Å². The molecule has 0 N–H and O–H groups in total. The van der Waals surface area contributed by atoms with Crippen LogP contribution in [0.1, 0.15) is 55.5 Å². The number of hydrogen-bond acceptors (Lipinski definition) is 4. The van der Waals surface area contributed by atoms with Gasteiger partial charge in [0.25, 0.3) is 0 Å². The van der Waals surface area contributed by atoms with Gasteiger partial charge in [-0.2, -0.15) is 5.26 Å². The number of piperidine rings is 1. The highest BCUT2D eigenvalue weighted by atomic mass is 16.5. The maximum absolute atomic E-state index is 12.2. The highest BCUT2D eigenvalue weighted by molar-refractivity contribution is 5.89. The zero-order chi connectivity index (χ0) is 16.7. The molecule has 0 aliphatic carbocycles. The van der Waals surface area contributed by atoms with Crippen molar-refractivity contribution in [2.45, 2.75) is 45.6 Å². The smallest absolute Gasteiger partial charge is 0.338 e. The Labute approximate surface area is 139 Å². The molecule has 1 aromatic carbocycles. The van der Waals surface area contributed by atoms with E-state index < -0.39 is 0 Å². The SMILES string of the molecule is CC(C)CCCN1CCC(OC(=O)c2cccc(C#N)c2)CC1. The average molecular weight is 314 g/mol. The number of carbonyl (C=O) groups excluding carboxylic acids is 1. The van der Waals surface area contributed by atoms with Crippen molar-refractivity contribution in [3.63, 3.8) is 0 Å². The van der Waals surface area contributed by atoms with Gasteiger partial charge in [0.05, 0.1) is 17.2 Å². The Hall–Kier alpha value is -1.86. The largest absolute Gasteiger partial charge is 0.459 e. The Morgan fingerprint density at radius 2 is 2.13 bits per heavy atom. The van der Waals surface area contributed by atoms with Crippen LogP contribution in [0.2, 0.25) is 0 Å². The number of ether oxygens (including phenoxy) is 1. The van der Waals surface area contributed by atoms with Crippen LogP contribution in [-0.2, 0) is 4.74 Å². The number of nitrogens with zero attached hydrogens (tertiary/aromatic N) is 2. The number of esters is 1. The zero-order valence-electron chi connectivity index (χ0n) is 14.1. The van der Waals surface area contributed by atoms with Crippen molar-refractivity contribution in [2.24, 2.45) is 5.92 Å². The van der Waals surface area contributed by atoms with E-state index in [2.05, 4.69) is 18.7 Å². The van der Waals surface area contributed by atoms with Gasteiger partial charge in [-0.3, -0.25) is 0 Å². The Balaban J connectivity index is 1.75. The van der Waals surface area contributed by atoms with Crippen molar-refractivity contribution in [3.8, 4) is 6.07 Å². The molecule has 1 aromatic rings. The molecule has 0 amide bonds. The molecule has 0 spiro atoms. The second-order valence-electron chi connectivity index (χ2n) is 6.67. The Bertz CT molecular complexity index is 555. The molecule has 0 radical (unpaired) electrons. The van der Waals surface area contributed by atoms with E-state index in [1.807, 2.05) is 6.07 Å². The molecular formula is C19H26N2O2.